The third-order valence-electron chi connectivity index (χ3n) is 5.33. The second-order valence-electron chi connectivity index (χ2n) is 7.15. The van der Waals surface area contributed by atoms with Crippen LogP contribution in [-0.2, 0) is 18.3 Å². The van der Waals surface area contributed by atoms with Crippen LogP contribution in [0.3, 0.4) is 0 Å². The highest BCUT2D eigenvalue weighted by Crippen LogP contribution is 2.35. The third-order valence-corrected chi connectivity index (χ3v) is 5.33. The Labute approximate surface area is 151 Å². The SMILES string of the molecule is COCCC[C@@]1(CO)CN(Cc2nc3c(cnn3C)c(=O)[nH]2)CC[C@H]1O. The van der Waals surface area contributed by atoms with Crippen molar-refractivity contribution in [1.29, 1.82) is 0 Å². The van der Waals surface area contributed by atoms with Gasteiger partial charge in [-0.25, -0.2) is 4.98 Å². The highest BCUT2D eigenvalue weighted by Gasteiger charge is 2.42. The number of ether oxygens (including phenoxy) is 1. The number of nitrogens with zero attached hydrogens (tertiary/aromatic N) is 4. The number of piperidine rings is 1. The first kappa shape index (κ1) is 19.0. The molecule has 0 aromatic carbocycles. The van der Waals surface area contributed by atoms with Crippen LogP contribution in [0, 0.1) is 5.41 Å². The molecule has 0 spiro atoms. The molecule has 9 nitrogen and oxygen atoms in total. The molecule has 2 aromatic rings. The van der Waals surface area contributed by atoms with Crippen LogP contribution in [0.4, 0.5) is 0 Å². The lowest BCUT2D eigenvalue weighted by Gasteiger charge is -2.45. The van der Waals surface area contributed by atoms with Gasteiger partial charge in [0.1, 0.15) is 11.2 Å². The molecule has 3 rings (SSSR count). The minimum absolute atomic E-state index is 0.0842. The number of hydrogen-bond donors (Lipinski definition) is 3. The monoisotopic (exact) mass is 365 g/mol. The first-order chi connectivity index (χ1) is 12.5. The molecule has 0 bridgehead atoms. The summed E-state index contributed by atoms with van der Waals surface area (Å²) in [5.74, 6) is 0.561. The fourth-order valence-corrected chi connectivity index (χ4v) is 3.79. The van der Waals surface area contributed by atoms with Gasteiger partial charge in [0.05, 0.1) is 25.5 Å². The zero-order chi connectivity index (χ0) is 18.7. The molecule has 2 atom stereocenters. The Hall–Kier alpha value is -1.81. The molecule has 1 saturated heterocycles. The molecule has 1 fully saturated rings. The second kappa shape index (κ2) is 7.83. The Morgan fingerprint density at radius 1 is 1.50 bits per heavy atom. The molecule has 1 aliphatic rings. The Balaban J connectivity index is 1.77. The predicted octanol–water partition coefficient (Wildman–Crippen LogP) is -0.371. The molecule has 0 aliphatic carbocycles. The van der Waals surface area contributed by atoms with Crippen molar-refractivity contribution in [2.75, 3.05) is 33.4 Å². The summed E-state index contributed by atoms with van der Waals surface area (Å²) >= 11 is 0. The average molecular weight is 365 g/mol. The summed E-state index contributed by atoms with van der Waals surface area (Å²) in [7, 11) is 3.40. The van der Waals surface area contributed by atoms with Crippen LogP contribution in [0.2, 0.25) is 0 Å². The summed E-state index contributed by atoms with van der Waals surface area (Å²) < 4.78 is 6.68. The molecule has 0 unspecified atom stereocenters. The van der Waals surface area contributed by atoms with E-state index in [4.69, 9.17) is 4.74 Å². The van der Waals surface area contributed by atoms with Crippen molar-refractivity contribution in [3.05, 3.63) is 22.4 Å². The second-order valence-corrected chi connectivity index (χ2v) is 7.15. The number of aryl methyl sites for hydroxylation is 1. The summed E-state index contributed by atoms with van der Waals surface area (Å²) in [6, 6.07) is 0. The number of aromatic amines is 1. The van der Waals surface area contributed by atoms with Gasteiger partial charge >= 0.3 is 0 Å². The Bertz CT molecular complexity index is 804. The van der Waals surface area contributed by atoms with Crippen molar-refractivity contribution in [1.82, 2.24) is 24.6 Å². The van der Waals surface area contributed by atoms with E-state index in [-0.39, 0.29) is 12.2 Å². The van der Waals surface area contributed by atoms with Gasteiger partial charge in [-0.15, -0.1) is 0 Å². The molecule has 1 aliphatic heterocycles. The molecule has 0 radical (unpaired) electrons. The number of likely N-dealkylation sites (tertiary alicyclic amines) is 1. The van der Waals surface area contributed by atoms with Crippen molar-refractivity contribution >= 4 is 11.0 Å². The van der Waals surface area contributed by atoms with Gasteiger partial charge in [0.25, 0.3) is 5.56 Å². The number of H-pyrrole nitrogens is 1. The third kappa shape index (κ3) is 3.66. The summed E-state index contributed by atoms with van der Waals surface area (Å²) in [4.78, 5) is 21.7. The molecule has 3 heterocycles. The highest BCUT2D eigenvalue weighted by molar-refractivity contribution is 5.72. The Kier molecular flexibility index (Phi) is 5.71. The molecule has 9 heteroatoms. The van der Waals surface area contributed by atoms with Gasteiger partial charge in [-0.05, 0) is 19.3 Å². The van der Waals surface area contributed by atoms with Gasteiger partial charge in [-0.3, -0.25) is 14.4 Å². The summed E-state index contributed by atoms with van der Waals surface area (Å²) in [6.45, 7) is 2.19. The van der Waals surface area contributed by atoms with E-state index < -0.39 is 11.5 Å². The standard InChI is InChI=1S/C17H27N5O4/c1-21-15-12(8-18-21)16(25)20-14(19-15)9-22-6-4-13(24)17(10-22,11-23)5-3-7-26-2/h8,13,23-24H,3-7,9-11H2,1-2H3,(H,19,20,25)/t13-,17+/m1/s1. The predicted molar refractivity (Wildman–Crippen MR) is 95.7 cm³/mol. The highest BCUT2D eigenvalue weighted by atomic mass is 16.5. The number of aliphatic hydroxyl groups excluding tert-OH is 2. The lowest BCUT2D eigenvalue weighted by atomic mass is 9.74. The van der Waals surface area contributed by atoms with E-state index in [1.807, 2.05) is 0 Å². The van der Waals surface area contributed by atoms with E-state index in [2.05, 4.69) is 20.0 Å². The Morgan fingerprint density at radius 3 is 3.04 bits per heavy atom. The normalized spacial score (nSPS) is 24.4. The van der Waals surface area contributed by atoms with Crippen LogP contribution in [0.25, 0.3) is 11.0 Å². The maximum Gasteiger partial charge on any atom is 0.262 e. The lowest BCUT2D eigenvalue weighted by Crippen LogP contribution is -2.53. The van der Waals surface area contributed by atoms with Crippen LogP contribution >= 0.6 is 0 Å². The van der Waals surface area contributed by atoms with Crippen molar-refractivity contribution in [2.45, 2.75) is 31.9 Å². The quantitative estimate of drug-likeness (QED) is 0.573. The zero-order valence-electron chi connectivity index (χ0n) is 15.3. The molecule has 0 saturated carbocycles. The molecule has 26 heavy (non-hydrogen) atoms. The first-order valence-corrected chi connectivity index (χ1v) is 8.90. The first-order valence-electron chi connectivity index (χ1n) is 8.90. The van der Waals surface area contributed by atoms with Gasteiger partial charge in [-0.1, -0.05) is 0 Å². The van der Waals surface area contributed by atoms with Gasteiger partial charge in [0.15, 0.2) is 5.65 Å². The van der Waals surface area contributed by atoms with E-state index in [1.54, 1.807) is 18.8 Å². The largest absolute Gasteiger partial charge is 0.396 e. The topological polar surface area (TPSA) is 117 Å². The number of fused-ring (bicyclic) bond motifs is 1. The van der Waals surface area contributed by atoms with E-state index in [1.165, 1.54) is 6.20 Å². The van der Waals surface area contributed by atoms with E-state index in [0.29, 0.717) is 55.9 Å². The number of methoxy groups -OCH3 is 1. The van der Waals surface area contributed by atoms with Gasteiger partial charge < -0.3 is 19.9 Å². The average Bonchev–Trinajstić information content (AvgIpc) is 2.99. The van der Waals surface area contributed by atoms with E-state index in [0.717, 1.165) is 6.42 Å². The van der Waals surface area contributed by atoms with Crippen LogP contribution in [-0.4, -0.2) is 74.4 Å². The molecule has 144 valence electrons. The number of nitrogens with one attached hydrogen (secondary N) is 1. The summed E-state index contributed by atoms with van der Waals surface area (Å²) in [5.41, 5.74) is -0.230. The molecule has 3 N–H and O–H groups in total. The van der Waals surface area contributed by atoms with Gasteiger partial charge in [0, 0.05) is 39.3 Å². The fraction of sp³-hybridized carbons (Fsp3) is 0.706. The summed E-state index contributed by atoms with van der Waals surface area (Å²) in [6.07, 6.45) is 2.99. The van der Waals surface area contributed by atoms with Crippen LogP contribution in [0.5, 0.6) is 0 Å². The van der Waals surface area contributed by atoms with Gasteiger partial charge in [0.2, 0.25) is 0 Å². The molecule has 2 aromatic heterocycles. The van der Waals surface area contributed by atoms with Crippen molar-refractivity contribution in [2.24, 2.45) is 12.5 Å². The smallest absolute Gasteiger partial charge is 0.262 e. The van der Waals surface area contributed by atoms with Crippen LogP contribution in [0.1, 0.15) is 25.1 Å². The van der Waals surface area contributed by atoms with E-state index in [9.17, 15) is 15.0 Å². The Morgan fingerprint density at radius 2 is 2.31 bits per heavy atom. The number of hydrogen-bond acceptors (Lipinski definition) is 7. The maximum absolute atomic E-state index is 12.2. The fourth-order valence-electron chi connectivity index (χ4n) is 3.79. The minimum Gasteiger partial charge on any atom is -0.396 e. The maximum atomic E-state index is 12.2. The molecule has 0 amide bonds. The van der Waals surface area contributed by atoms with E-state index >= 15 is 0 Å². The van der Waals surface area contributed by atoms with Gasteiger partial charge in [-0.2, -0.15) is 5.10 Å². The van der Waals surface area contributed by atoms with Crippen LogP contribution in [0.15, 0.2) is 11.0 Å². The number of aliphatic hydroxyl groups is 2. The minimum atomic E-state index is -0.576. The van der Waals surface area contributed by atoms with Crippen LogP contribution < -0.4 is 5.56 Å². The lowest BCUT2D eigenvalue weighted by molar-refractivity contribution is -0.0847. The van der Waals surface area contributed by atoms with Crippen molar-refractivity contribution in [3.63, 3.8) is 0 Å². The summed E-state index contributed by atoms with van der Waals surface area (Å²) in [5, 5.41) is 25.0. The number of aromatic nitrogens is 4. The molecular weight excluding hydrogens is 338 g/mol. The van der Waals surface area contributed by atoms with Crippen molar-refractivity contribution < 1.29 is 14.9 Å². The number of rotatable bonds is 7. The zero-order valence-corrected chi connectivity index (χ0v) is 15.3. The molecular formula is C17H27N5O4. The van der Waals surface area contributed by atoms with Crippen molar-refractivity contribution in [3.8, 4) is 0 Å².